The van der Waals surface area contributed by atoms with E-state index in [1.807, 2.05) is 12.1 Å². The standard InChI is InChI=1S/C11H14IN/c1-2-3-7-11(13)9-5-4-6-10(12)8-9/h2,4-6,8,11H,1,3,7,13H2/t11-/m1/s1. The zero-order valence-corrected chi connectivity index (χ0v) is 9.70. The summed E-state index contributed by atoms with van der Waals surface area (Å²) >= 11 is 2.30. The Morgan fingerprint density at radius 2 is 2.31 bits per heavy atom. The predicted molar refractivity (Wildman–Crippen MR) is 65.5 cm³/mol. The Kier molecular flexibility index (Phi) is 4.45. The van der Waals surface area contributed by atoms with Gasteiger partial charge in [-0.3, -0.25) is 0 Å². The minimum Gasteiger partial charge on any atom is -0.324 e. The van der Waals surface area contributed by atoms with Crippen molar-refractivity contribution in [3.63, 3.8) is 0 Å². The van der Waals surface area contributed by atoms with Gasteiger partial charge in [0.2, 0.25) is 0 Å². The molecular formula is C11H14IN. The molecule has 0 saturated carbocycles. The Balaban J connectivity index is 2.65. The summed E-state index contributed by atoms with van der Waals surface area (Å²) in [6.45, 7) is 3.69. The van der Waals surface area contributed by atoms with Gasteiger partial charge in [0, 0.05) is 9.61 Å². The lowest BCUT2D eigenvalue weighted by molar-refractivity contribution is 0.661. The minimum absolute atomic E-state index is 0.146. The quantitative estimate of drug-likeness (QED) is 0.667. The molecule has 0 radical (unpaired) electrons. The lowest BCUT2D eigenvalue weighted by atomic mass is 10.0. The highest BCUT2D eigenvalue weighted by atomic mass is 127. The summed E-state index contributed by atoms with van der Waals surface area (Å²) in [5.41, 5.74) is 7.22. The first-order valence-corrected chi connectivity index (χ1v) is 5.44. The highest BCUT2D eigenvalue weighted by Gasteiger charge is 2.04. The molecule has 0 heterocycles. The zero-order valence-electron chi connectivity index (χ0n) is 7.54. The van der Waals surface area contributed by atoms with Gasteiger partial charge >= 0.3 is 0 Å². The van der Waals surface area contributed by atoms with Gasteiger partial charge in [-0.15, -0.1) is 6.58 Å². The third-order valence-corrected chi connectivity index (χ3v) is 2.63. The SMILES string of the molecule is C=CCC[C@@H](N)c1cccc(I)c1. The fourth-order valence-corrected chi connectivity index (χ4v) is 1.77. The van der Waals surface area contributed by atoms with E-state index < -0.39 is 0 Å². The minimum atomic E-state index is 0.146. The molecule has 0 fully saturated rings. The second-order valence-corrected chi connectivity index (χ2v) is 4.27. The molecule has 0 aliphatic carbocycles. The van der Waals surface area contributed by atoms with E-state index in [0.29, 0.717) is 0 Å². The molecule has 0 aliphatic rings. The van der Waals surface area contributed by atoms with Crippen LogP contribution in [0.3, 0.4) is 0 Å². The van der Waals surface area contributed by atoms with Gasteiger partial charge in [-0.25, -0.2) is 0 Å². The molecule has 0 aliphatic heterocycles. The van der Waals surface area contributed by atoms with E-state index >= 15 is 0 Å². The number of halogens is 1. The molecule has 1 rings (SSSR count). The molecule has 0 aromatic heterocycles. The van der Waals surface area contributed by atoms with Gasteiger partial charge in [-0.05, 0) is 53.1 Å². The topological polar surface area (TPSA) is 26.0 Å². The van der Waals surface area contributed by atoms with Crippen LogP contribution in [0.25, 0.3) is 0 Å². The van der Waals surface area contributed by atoms with Crippen molar-refractivity contribution in [1.29, 1.82) is 0 Å². The monoisotopic (exact) mass is 287 g/mol. The van der Waals surface area contributed by atoms with Crippen LogP contribution in [0, 0.1) is 3.57 Å². The van der Waals surface area contributed by atoms with Crippen molar-refractivity contribution in [2.75, 3.05) is 0 Å². The van der Waals surface area contributed by atoms with Gasteiger partial charge in [-0.2, -0.15) is 0 Å². The molecule has 13 heavy (non-hydrogen) atoms. The second kappa shape index (κ2) is 5.40. The van der Waals surface area contributed by atoms with Crippen LogP contribution in [-0.2, 0) is 0 Å². The first-order valence-electron chi connectivity index (χ1n) is 4.36. The van der Waals surface area contributed by atoms with Gasteiger partial charge in [0.15, 0.2) is 0 Å². The smallest absolute Gasteiger partial charge is 0.0298 e. The summed E-state index contributed by atoms with van der Waals surface area (Å²) in [5, 5.41) is 0. The Morgan fingerprint density at radius 3 is 2.92 bits per heavy atom. The first-order chi connectivity index (χ1) is 6.24. The van der Waals surface area contributed by atoms with E-state index in [4.69, 9.17) is 5.73 Å². The molecular weight excluding hydrogens is 273 g/mol. The van der Waals surface area contributed by atoms with Crippen LogP contribution in [0.1, 0.15) is 24.4 Å². The summed E-state index contributed by atoms with van der Waals surface area (Å²) in [7, 11) is 0. The maximum atomic E-state index is 6.00. The van der Waals surface area contributed by atoms with Crippen LogP contribution in [0.5, 0.6) is 0 Å². The van der Waals surface area contributed by atoms with Crippen LogP contribution in [-0.4, -0.2) is 0 Å². The molecule has 1 aromatic rings. The van der Waals surface area contributed by atoms with Crippen molar-refractivity contribution in [2.24, 2.45) is 5.73 Å². The predicted octanol–water partition coefficient (Wildman–Crippen LogP) is 3.26. The molecule has 70 valence electrons. The van der Waals surface area contributed by atoms with Gasteiger partial charge in [0.05, 0.1) is 0 Å². The summed E-state index contributed by atoms with van der Waals surface area (Å²) in [6.07, 6.45) is 3.87. The maximum Gasteiger partial charge on any atom is 0.0298 e. The fourth-order valence-electron chi connectivity index (χ4n) is 1.20. The largest absolute Gasteiger partial charge is 0.324 e. The van der Waals surface area contributed by atoms with Crippen molar-refractivity contribution in [1.82, 2.24) is 0 Å². The number of allylic oxidation sites excluding steroid dienone is 1. The fraction of sp³-hybridized carbons (Fsp3) is 0.273. The number of hydrogen-bond acceptors (Lipinski definition) is 1. The van der Waals surface area contributed by atoms with Crippen molar-refractivity contribution in [2.45, 2.75) is 18.9 Å². The molecule has 1 nitrogen and oxygen atoms in total. The molecule has 0 saturated heterocycles. The van der Waals surface area contributed by atoms with Crippen LogP contribution in [0.15, 0.2) is 36.9 Å². The zero-order chi connectivity index (χ0) is 9.68. The molecule has 0 unspecified atom stereocenters. The van der Waals surface area contributed by atoms with Crippen molar-refractivity contribution in [3.8, 4) is 0 Å². The Bertz CT molecular complexity index is 283. The Labute approximate surface area is 93.2 Å². The van der Waals surface area contributed by atoms with E-state index in [1.165, 1.54) is 9.13 Å². The molecule has 1 atom stereocenters. The van der Waals surface area contributed by atoms with Crippen molar-refractivity contribution < 1.29 is 0 Å². The summed E-state index contributed by atoms with van der Waals surface area (Å²) in [4.78, 5) is 0. The van der Waals surface area contributed by atoms with E-state index in [2.05, 4.69) is 47.4 Å². The van der Waals surface area contributed by atoms with Gasteiger partial charge < -0.3 is 5.73 Å². The normalized spacial score (nSPS) is 12.5. The average Bonchev–Trinajstić information content (AvgIpc) is 2.14. The lowest BCUT2D eigenvalue weighted by Gasteiger charge is -2.10. The van der Waals surface area contributed by atoms with Crippen molar-refractivity contribution in [3.05, 3.63) is 46.1 Å². The molecule has 0 spiro atoms. The van der Waals surface area contributed by atoms with Crippen LogP contribution < -0.4 is 5.73 Å². The van der Waals surface area contributed by atoms with Gasteiger partial charge in [-0.1, -0.05) is 18.2 Å². The summed E-state index contributed by atoms with van der Waals surface area (Å²) in [6, 6.07) is 8.48. The van der Waals surface area contributed by atoms with Gasteiger partial charge in [0.1, 0.15) is 0 Å². The number of hydrogen-bond donors (Lipinski definition) is 1. The highest BCUT2D eigenvalue weighted by molar-refractivity contribution is 14.1. The molecule has 2 N–H and O–H groups in total. The Hall–Kier alpha value is -0.350. The molecule has 0 bridgehead atoms. The number of rotatable bonds is 4. The van der Waals surface area contributed by atoms with E-state index in [9.17, 15) is 0 Å². The third kappa shape index (κ3) is 3.48. The molecule has 0 amide bonds. The summed E-state index contributed by atoms with van der Waals surface area (Å²) < 4.78 is 1.24. The third-order valence-electron chi connectivity index (χ3n) is 1.96. The van der Waals surface area contributed by atoms with E-state index in [0.717, 1.165) is 12.8 Å². The molecule has 1 aromatic carbocycles. The summed E-state index contributed by atoms with van der Waals surface area (Å²) in [5.74, 6) is 0. The average molecular weight is 287 g/mol. The second-order valence-electron chi connectivity index (χ2n) is 3.03. The number of nitrogens with two attached hydrogens (primary N) is 1. The lowest BCUT2D eigenvalue weighted by Crippen LogP contribution is -2.09. The van der Waals surface area contributed by atoms with Crippen molar-refractivity contribution >= 4 is 22.6 Å². The van der Waals surface area contributed by atoms with E-state index in [-0.39, 0.29) is 6.04 Å². The van der Waals surface area contributed by atoms with Gasteiger partial charge in [0.25, 0.3) is 0 Å². The molecule has 2 heteroatoms. The van der Waals surface area contributed by atoms with Crippen LogP contribution in [0.4, 0.5) is 0 Å². The maximum absolute atomic E-state index is 6.00. The Morgan fingerprint density at radius 1 is 1.54 bits per heavy atom. The highest BCUT2D eigenvalue weighted by Crippen LogP contribution is 2.17. The number of benzene rings is 1. The first kappa shape index (κ1) is 10.7. The van der Waals surface area contributed by atoms with Crippen LogP contribution in [0.2, 0.25) is 0 Å². The van der Waals surface area contributed by atoms with Crippen LogP contribution >= 0.6 is 22.6 Å². The van der Waals surface area contributed by atoms with E-state index in [1.54, 1.807) is 0 Å².